The van der Waals surface area contributed by atoms with Gasteiger partial charge >= 0.3 is 0 Å². The van der Waals surface area contributed by atoms with E-state index < -0.39 is 0 Å². The number of hydrogen-bond acceptors (Lipinski definition) is 4. The Kier molecular flexibility index (Phi) is 7.31. The van der Waals surface area contributed by atoms with Gasteiger partial charge in [0.15, 0.2) is 0 Å². The highest BCUT2D eigenvalue weighted by Crippen LogP contribution is 2.24. The predicted molar refractivity (Wildman–Crippen MR) is 163 cm³/mol. The highest BCUT2D eigenvalue weighted by Gasteiger charge is 2.07. The molecule has 6 rings (SSSR count). The average Bonchev–Trinajstić information content (AvgIpc) is 2.96. The summed E-state index contributed by atoms with van der Waals surface area (Å²) in [6.45, 7) is 0. The number of para-hydroxylation sites is 2. The molecule has 6 nitrogen and oxygen atoms in total. The second-order valence-corrected chi connectivity index (χ2v) is 10.2. The van der Waals surface area contributed by atoms with E-state index in [-0.39, 0.29) is 11.8 Å². The van der Waals surface area contributed by atoms with Gasteiger partial charge in [-0.05, 0) is 61.4 Å². The predicted octanol–water partition coefficient (Wildman–Crippen LogP) is 8.01. The van der Waals surface area contributed by atoms with Gasteiger partial charge in [0.25, 0.3) is 0 Å². The van der Waals surface area contributed by atoms with Crippen LogP contribution >= 0.6 is 0 Å². The summed E-state index contributed by atoms with van der Waals surface area (Å²) in [5.74, 6) is -0.00820. The smallest absolute Gasteiger partial charge is 0.224 e. The molecule has 0 saturated carbocycles. The number of anilines is 2. The molecule has 0 radical (unpaired) electrons. The zero-order valence-corrected chi connectivity index (χ0v) is 22.2. The van der Waals surface area contributed by atoms with E-state index in [1.54, 1.807) is 0 Å². The first kappa shape index (κ1) is 25.4. The molecule has 0 aliphatic rings. The van der Waals surface area contributed by atoms with Crippen molar-refractivity contribution >= 4 is 66.8 Å². The summed E-state index contributed by atoms with van der Waals surface area (Å²) < 4.78 is 0. The lowest BCUT2D eigenvalue weighted by molar-refractivity contribution is -0.117. The molecule has 2 aromatic heterocycles. The van der Waals surface area contributed by atoms with E-state index >= 15 is 0 Å². The minimum Gasteiger partial charge on any atom is -0.326 e. The molecule has 0 aliphatic carbocycles. The maximum absolute atomic E-state index is 12.5. The number of pyridine rings is 2. The summed E-state index contributed by atoms with van der Waals surface area (Å²) in [7, 11) is 0. The second-order valence-electron chi connectivity index (χ2n) is 10.2. The van der Waals surface area contributed by atoms with Gasteiger partial charge in [0, 0.05) is 45.8 Å². The summed E-state index contributed by atoms with van der Waals surface area (Å²) in [5, 5.41) is 10.3. The number of fused-ring (bicyclic) bond motifs is 4. The van der Waals surface area contributed by atoms with Crippen LogP contribution in [0.1, 0.15) is 38.5 Å². The third kappa shape index (κ3) is 5.91. The van der Waals surface area contributed by atoms with Crippen molar-refractivity contribution in [1.82, 2.24) is 9.97 Å². The molecule has 6 aromatic rings. The average molecular weight is 527 g/mol. The Balaban J connectivity index is 0.927. The normalized spacial score (nSPS) is 11.3. The fourth-order valence-electron chi connectivity index (χ4n) is 5.07. The van der Waals surface area contributed by atoms with Crippen molar-refractivity contribution in [2.75, 3.05) is 10.6 Å². The van der Waals surface area contributed by atoms with Crippen LogP contribution in [0.5, 0.6) is 0 Å². The van der Waals surface area contributed by atoms with Crippen LogP contribution in [0.4, 0.5) is 11.4 Å². The van der Waals surface area contributed by atoms with Crippen molar-refractivity contribution in [3.63, 3.8) is 0 Å². The summed E-state index contributed by atoms with van der Waals surface area (Å²) in [4.78, 5) is 34.4. The van der Waals surface area contributed by atoms with Crippen molar-refractivity contribution in [2.45, 2.75) is 38.5 Å². The van der Waals surface area contributed by atoms with Gasteiger partial charge in [0.2, 0.25) is 11.8 Å². The molecule has 0 atom stereocenters. The number of nitrogens with zero attached hydrogens (tertiary/aromatic N) is 2. The molecule has 0 unspecified atom stereocenters. The van der Waals surface area contributed by atoms with E-state index in [9.17, 15) is 9.59 Å². The quantitative estimate of drug-likeness (QED) is 0.148. The van der Waals surface area contributed by atoms with Crippen molar-refractivity contribution in [3.05, 3.63) is 97.1 Å². The molecule has 0 aliphatic heterocycles. The number of amides is 2. The molecule has 2 heterocycles. The van der Waals surface area contributed by atoms with Gasteiger partial charge in [-0.2, -0.15) is 0 Å². The standard InChI is InChI=1S/C34H30N4O2/c39-33(35-27-17-15-25-19-23-9-5-7-11-29(23)37-31(25)21-27)13-3-1-2-4-14-34(40)36-28-18-16-26-20-24-10-6-8-12-30(24)38-32(26)22-28/h5-12,15-22H,1-4,13-14H2,(H,35,39)(H,36,40). The zero-order valence-electron chi connectivity index (χ0n) is 22.2. The van der Waals surface area contributed by atoms with Crippen LogP contribution in [0.3, 0.4) is 0 Å². The Hall–Kier alpha value is -4.84. The minimum absolute atomic E-state index is 0.00410. The fourth-order valence-corrected chi connectivity index (χ4v) is 5.07. The first-order valence-electron chi connectivity index (χ1n) is 13.8. The summed E-state index contributed by atoms with van der Waals surface area (Å²) in [6.07, 6.45) is 4.28. The summed E-state index contributed by atoms with van der Waals surface area (Å²) >= 11 is 0. The Labute approximate surface area is 232 Å². The largest absolute Gasteiger partial charge is 0.326 e. The Morgan fingerprint density at radius 3 is 1.38 bits per heavy atom. The van der Waals surface area contributed by atoms with Crippen molar-refractivity contribution in [1.29, 1.82) is 0 Å². The molecule has 198 valence electrons. The molecule has 4 aromatic carbocycles. The number of hydrogen-bond donors (Lipinski definition) is 2. The number of carbonyl (C=O) groups excluding carboxylic acids is 2. The molecule has 40 heavy (non-hydrogen) atoms. The molecule has 0 spiro atoms. The number of unbranched alkanes of at least 4 members (excludes halogenated alkanes) is 3. The summed E-state index contributed by atoms with van der Waals surface area (Å²) in [5.41, 5.74) is 5.12. The molecular formula is C34H30N4O2. The first-order chi connectivity index (χ1) is 19.6. The number of aromatic nitrogens is 2. The highest BCUT2D eigenvalue weighted by molar-refractivity contribution is 5.98. The zero-order chi connectivity index (χ0) is 27.3. The molecule has 2 N–H and O–H groups in total. The van der Waals surface area contributed by atoms with Crippen LogP contribution in [0.15, 0.2) is 97.1 Å². The topological polar surface area (TPSA) is 84.0 Å². The van der Waals surface area contributed by atoms with Gasteiger partial charge in [0.05, 0.1) is 22.1 Å². The van der Waals surface area contributed by atoms with Crippen LogP contribution in [-0.4, -0.2) is 21.8 Å². The van der Waals surface area contributed by atoms with Crippen LogP contribution in [0, 0.1) is 0 Å². The fraction of sp³-hybridized carbons (Fsp3) is 0.176. The lowest BCUT2D eigenvalue weighted by atomic mass is 10.1. The molecule has 2 amide bonds. The van der Waals surface area contributed by atoms with E-state index in [2.05, 4.69) is 22.8 Å². The van der Waals surface area contributed by atoms with Crippen molar-refractivity contribution < 1.29 is 9.59 Å². The Morgan fingerprint density at radius 2 is 0.900 bits per heavy atom. The Morgan fingerprint density at radius 1 is 0.475 bits per heavy atom. The third-order valence-corrected chi connectivity index (χ3v) is 7.16. The Bertz CT molecular complexity index is 1730. The van der Waals surface area contributed by atoms with Crippen LogP contribution in [-0.2, 0) is 9.59 Å². The van der Waals surface area contributed by atoms with Crippen LogP contribution in [0.25, 0.3) is 43.6 Å². The molecule has 6 heteroatoms. The highest BCUT2D eigenvalue weighted by atomic mass is 16.2. The lowest BCUT2D eigenvalue weighted by Gasteiger charge is -2.08. The lowest BCUT2D eigenvalue weighted by Crippen LogP contribution is -2.12. The number of benzene rings is 4. The molecule has 0 bridgehead atoms. The minimum atomic E-state index is -0.00410. The van der Waals surface area contributed by atoms with Gasteiger partial charge in [-0.25, -0.2) is 9.97 Å². The number of rotatable bonds is 9. The number of nitrogens with one attached hydrogen (secondary N) is 2. The SMILES string of the molecule is O=C(CCCCCCC(=O)Nc1ccc2cc3ccccc3nc2c1)Nc1ccc2cc3ccccc3nc2c1. The monoisotopic (exact) mass is 526 g/mol. The maximum Gasteiger partial charge on any atom is 0.224 e. The molecule has 0 saturated heterocycles. The first-order valence-corrected chi connectivity index (χ1v) is 13.8. The van der Waals surface area contributed by atoms with E-state index in [1.165, 1.54) is 0 Å². The van der Waals surface area contributed by atoms with E-state index in [1.807, 2.05) is 84.9 Å². The van der Waals surface area contributed by atoms with E-state index in [0.29, 0.717) is 12.8 Å². The van der Waals surface area contributed by atoms with Crippen molar-refractivity contribution in [3.8, 4) is 0 Å². The van der Waals surface area contributed by atoms with E-state index in [4.69, 9.17) is 9.97 Å². The molecular weight excluding hydrogens is 496 g/mol. The second kappa shape index (κ2) is 11.5. The van der Waals surface area contributed by atoms with Gasteiger partial charge in [0.1, 0.15) is 0 Å². The third-order valence-electron chi connectivity index (χ3n) is 7.16. The molecule has 0 fully saturated rings. The van der Waals surface area contributed by atoms with Crippen molar-refractivity contribution in [2.24, 2.45) is 0 Å². The van der Waals surface area contributed by atoms with Gasteiger partial charge < -0.3 is 10.6 Å². The summed E-state index contributed by atoms with van der Waals surface area (Å²) in [6, 6.07) is 31.9. The van der Waals surface area contributed by atoms with Crippen LogP contribution in [0.2, 0.25) is 0 Å². The van der Waals surface area contributed by atoms with Gasteiger partial charge in [-0.15, -0.1) is 0 Å². The van der Waals surface area contributed by atoms with E-state index in [0.717, 1.165) is 80.7 Å². The van der Waals surface area contributed by atoms with Crippen LogP contribution < -0.4 is 10.6 Å². The maximum atomic E-state index is 12.5. The number of carbonyl (C=O) groups is 2. The van der Waals surface area contributed by atoms with Gasteiger partial charge in [-0.1, -0.05) is 61.4 Å². The van der Waals surface area contributed by atoms with Gasteiger partial charge in [-0.3, -0.25) is 9.59 Å².